The van der Waals surface area contributed by atoms with Crippen molar-refractivity contribution in [2.24, 2.45) is 7.05 Å². The molecule has 1 aromatic heterocycles. The highest BCUT2D eigenvalue weighted by molar-refractivity contribution is 5.79. The lowest BCUT2D eigenvalue weighted by molar-refractivity contribution is -0.660. The topological polar surface area (TPSA) is 3.88 Å². The summed E-state index contributed by atoms with van der Waals surface area (Å²) in [5.74, 6) is 0. The van der Waals surface area contributed by atoms with Gasteiger partial charge in [0, 0.05) is 17.7 Å². The van der Waals surface area contributed by atoms with Gasteiger partial charge >= 0.3 is 0 Å². The maximum absolute atomic E-state index is 2.37. The van der Waals surface area contributed by atoms with Crippen molar-refractivity contribution in [3.63, 3.8) is 0 Å². The lowest BCUT2D eigenvalue weighted by Gasteiger charge is -2.14. The Bertz CT molecular complexity index is 1200. The van der Waals surface area contributed by atoms with E-state index in [1.165, 1.54) is 55.8 Å². The van der Waals surface area contributed by atoms with E-state index in [1.807, 2.05) is 0 Å². The lowest BCUT2D eigenvalue weighted by Crippen LogP contribution is -2.30. The third-order valence-corrected chi connectivity index (χ3v) is 5.89. The summed E-state index contributed by atoms with van der Waals surface area (Å²) in [7, 11) is 2.13. The highest BCUT2D eigenvalue weighted by Gasteiger charge is 2.17. The second-order valence-electron chi connectivity index (χ2n) is 8.02. The van der Waals surface area contributed by atoms with Crippen molar-refractivity contribution < 1.29 is 4.57 Å². The largest absolute Gasteiger partial charge is 0.213 e. The van der Waals surface area contributed by atoms with Gasteiger partial charge in [-0.05, 0) is 78.3 Å². The fourth-order valence-corrected chi connectivity index (χ4v) is 4.20. The predicted octanol–water partition coefficient (Wildman–Crippen LogP) is 6.75. The summed E-state index contributed by atoms with van der Waals surface area (Å²) < 4.78 is 2.22. The molecule has 29 heavy (non-hydrogen) atoms. The van der Waals surface area contributed by atoms with Crippen LogP contribution in [0.3, 0.4) is 0 Å². The van der Waals surface area contributed by atoms with Crippen LogP contribution >= 0.6 is 0 Å². The summed E-state index contributed by atoms with van der Waals surface area (Å²) in [5.41, 5.74) is 12.9. The maximum Gasteiger partial charge on any atom is 0.213 e. The molecule has 0 N–H and O–H groups in total. The molecule has 144 valence electrons. The fourth-order valence-electron chi connectivity index (χ4n) is 4.20. The van der Waals surface area contributed by atoms with Crippen molar-refractivity contribution in [2.75, 3.05) is 0 Å². The zero-order valence-corrected chi connectivity index (χ0v) is 18.0. The molecule has 1 nitrogen and oxygen atoms in total. The molecule has 0 bridgehead atoms. The monoisotopic (exact) mass is 378 g/mol. The van der Waals surface area contributed by atoms with Crippen LogP contribution in [0.25, 0.3) is 33.5 Å². The molecule has 3 aromatic carbocycles. The molecule has 0 fully saturated rings. The number of benzene rings is 3. The van der Waals surface area contributed by atoms with E-state index in [-0.39, 0.29) is 0 Å². The van der Waals surface area contributed by atoms with Crippen molar-refractivity contribution in [3.8, 4) is 33.5 Å². The van der Waals surface area contributed by atoms with Gasteiger partial charge in [0.25, 0.3) is 0 Å². The molecule has 0 aliphatic rings. The Morgan fingerprint density at radius 1 is 0.517 bits per heavy atom. The summed E-state index contributed by atoms with van der Waals surface area (Å²) in [6.07, 6.45) is 2.17. The van der Waals surface area contributed by atoms with E-state index in [9.17, 15) is 0 Å². The van der Waals surface area contributed by atoms with Crippen LogP contribution in [0.4, 0.5) is 0 Å². The van der Waals surface area contributed by atoms with Crippen molar-refractivity contribution in [1.82, 2.24) is 0 Å². The Kier molecular flexibility index (Phi) is 5.07. The highest BCUT2D eigenvalue weighted by Crippen LogP contribution is 2.34. The summed E-state index contributed by atoms with van der Waals surface area (Å²) >= 11 is 0. The number of rotatable bonds is 3. The molecule has 0 saturated heterocycles. The van der Waals surface area contributed by atoms with Crippen molar-refractivity contribution in [3.05, 3.63) is 101 Å². The SMILES string of the molecule is Cc1ccccc1-c1cc[n+](C)c(-c2cc(-c3ccccc3C)c(C)cc2C)c1. The van der Waals surface area contributed by atoms with Crippen LogP contribution < -0.4 is 4.57 Å². The summed E-state index contributed by atoms with van der Waals surface area (Å²) in [5, 5.41) is 0. The molecule has 0 amide bonds. The molecule has 0 unspecified atom stereocenters. The summed E-state index contributed by atoms with van der Waals surface area (Å²) in [4.78, 5) is 0. The van der Waals surface area contributed by atoms with E-state index in [4.69, 9.17) is 0 Å². The maximum atomic E-state index is 2.37. The number of aromatic nitrogens is 1. The molecule has 4 rings (SSSR count). The van der Waals surface area contributed by atoms with Crippen molar-refractivity contribution in [2.45, 2.75) is 27.7 Å². The standard InChI is InChI=1S/C28H28N/c1-19-10-6-8-12-24(19)23-14-15-29(5)28(17-23)27-18-26(21(3)16-22(27)4)25-13-9-7-11-20(25)2/h6-18H,1-5H3/q+1. The number of aryl methyl sites for hydroxylation is 5. The van der Waals surface area contributed by atoms with Gasteiger partial charge in [0.15, 0.2) is 6.20 Å². The van der Waals surface area contributed by atoms with Gasteiger partial charge in [-0.25, -0.2) is 4.57 Å². The second-order valence-corrected chi connectivity index (χ2v) is 8.02. The average Bonchev–Trinajstić information content (AvgIpc) is 2.70. The minimum Gasteiger partial charge on any atom is -0.201 e. The van der Waals surface area contributed by atoms with Crippen LogP contribution in [0.15, 0.2) is 79.0 Å². The van der Waals surface area contributed by atoms with Crippen LogP contribution in [0.1, 0.15) is 22.3 Å². The molecule has 0 atom stereocenters. The third kappa shape index (κ3) is 3.61. The average molecular weight is 379 g/mol. The van der Waals surface area contributed by atoms with E-state index in [0.717, 1.165) is 0 Å². The first-order chi connectivity index (χ1) is 14.0. The van der Waals surface area contributed by atoms with E-state index in [0.29, 0.717) is 0 Å². The van der Waals surface area contributed by atoms with E-state index >= 15 is 0 Å². The molecule has 1 heteroatoms. The second kappa shape index (κ2) is 7.67. The molecule has 0 radical (unpaired) electrons. The molecule has 0 aliphatic heterocycles. The Morgan fingerprint density at radius 2 is 1.10 bits per heavy atom. The van der Waals surface area contributed by atoms with Crippen LogP contribution in [-0.2, 0) is 7.05 Å². The first-order valence-electron chi connectivity index (χ1n) is 10.2. The van der Waals surface area contributed by atoms with Crippen molar-refractivity contribution in [1.29, 1.82) is 0 Å². The first-order valence-corrected chi connectivity index (χ1v) is 10.2. The normalized spacial score (nSPS) is 10.9. The third-order valence-electron chi connectivity index (χ3n) is 5.89. The van der Waals surface area contributed by atoms with Gasteiger partial charge in [-0.15, -0.1) is 0 Å². The number of hydrogen-bond donors (Lipinski definition) is 0. The molecular formula is C28H28N+. The molecule has 0 spiro atoms. The predicted molar refractivity (Wildman–Crippen MR) is 123 cm³/mol. The van der Waals surface area contributed by atoms with Crippen LogP contribution in [0.5, 0.6) is 0 Å². The quantitative estimate of drug-likeness (QED) is 0.347. The van der Waals surface area contributed by atoms with Gasteiger partial charge in [-0.3, -0.25) is 0 Å². The first kappa shape index (κ1) is 19.1. The lowest BCUT2D eigenvalue weighted by atomic mass is 9.90. The number of nitrogens with zero attached hydrogens (tertiary/aromatic N) is 1. The molecule has 1 heterocycles. The number of pyridine rings is 1. The summed E-state index contributed by atoms with van der Waals surface area (Å²) in [6, 6.07) is 26.4. The van der Waals surface area contributed by atoms with E-state index in [2.05, 4.69) is 118 Å². The van der Waals surface area contributed by atoms with E-state index in [1.54, 1.807) is 0 Å². The number of hydrogen-bond acceptors (Lipinski definition) is 0. The van der Waals surface area contributed by atoms with Crippen LogP contribution in [-0.4, -0.2) is 0 Å². The molecule has 4 aromatic rings. The summed E-state index contributed by atoms with van der Waals surface area (Å²) in [6.45, 7) is 8.79. The Hall–Kier alpha value is -3.19. The van der Waals surface area contributed by atoms with Gasteiger partial charge in [0.2, 0.25) is 5.69 Å². The van der Waals surface area contributed by atoms with Crippen molar-refractivity contribution >= 4 is 0 Å². The minimum absolute atomic E-state index is 1.23. The molecular weight excluding hydrogens is 350 g/mol. The van der Waals surface area contributed by atoms with Gasteiger partial charge in [-0.2, -0.15) is 0 Å². The van der Waals surface area contributed by atoms with Crippen LogP contribution in [0, 0.1) is 27.7 Å². The van der Waals surface area contributed by atoms with Gasteiger partial charge in [0.05, 0.1) is 0 Å². The Labute approximate surface area is 174 Å². The van der Waals surface area contributed by atoms with Gasteiger partial charge < -0.3 is 0 Å². The molecule has 0 aliphatic carbocycles. The van der Waals surface area contributed by atoms with Crippen LogP contribution in [0.2, 0.25) is 0 Å². The minimum atomic E-state index is 1.23. The highest BCUT2D eigenvalue weighted by atomic mass is 14.9. The van der Waals surface area contributed by atoms with Gasteiger partial charge in [0.1, 0.15) is 7.05 Å². The fraction of sp³-hybridized carbons (Fsp3) is 0.179. The Morgan fingerprint density at radius 3 is 1.76 bits per heavy atom. The smallest absolute Gasteiger partial charge is 0.201 e. The zero-order valence-electron chi connectivity index (χ0n) is 18.0. The van der Waals surface area contributed by atoms with E-state index < -0.39 is 0 Å². The molecule has 0 saturated carbocycles. The van der Waals surface area contributed by atoms with Gasteiger partial charge in [-0.1, -0.05) is 54.6 Å². The zero-order chi connectivity index (χ0) is 20.5. The Balaban J connectivity index is 1.92.